The van der Waals surface area contributed by atoms with E-state index in [1.807, 2.05) is 36.4 Å². The molecule has 4 rings (SSSR count). The number of hydrogen-bond donors (Lipinski definition) is 2. The summed E-state index contributed by atoms with van der Waals surface area (Å²) in [7, 11) is 1.66. The van der Waals surface area contributed by atoms with E-state index < -0.39 is 5.25 Å². The van der Waals surface area contributed by atoms with Crippen molar-refractivity contribution < 1.29 is 14.3 Å². The molecule has 0 unspecified atom stereocenters. The number of fused-ring (bicyclic) bond motifs is 1. The van der Waals surface area contributed by atoms with E-state index in [-0.39, 0.29) is 24.3 Å². The van der Waals surface area contributed by atoms with Crippen LogP contribution in [0.4, 0.5) is 5.69 Å². The quantitative estimate of drug-likeness (QED) is 0.711. The highest BCUT2D eigenvalue weighted by molar-refractivity contribution is 8.01. The second-order valence-corrected chi connectivity index (χ2v) is 8.88. The van der Waals surface area contributed by atoms with Crippen molar-refractivity contribution in [3.8, 4) is 5.75 Å². The van der Waals surface area contributed by atoms with Crippen LogP contribution in [0.25, 0.3) is 0 Å². The van der Waals surface area contributed by atoms with Crippen LogP contribution in [0.2, 0.25) is 0 Å². The zero-order valence-electron chi connectivity index (χ0n) is 17.1. The fraction of sp³-hybridized carbons (Fsp3) is 0.391. The standard InChI is InChI=1S/C23H27N3O3S/c1-29-17-10-8-16(9-11-17)19(26-12-4-5-13-26)15-24-22(27)14-21-23(28)25-18-6-2-3-7-20(18)30-21/h2-3,6-11,19,21H,4-5,12-15H2,1H3,(H,24,27)(H,25,28)/t19-,21-/m1/s1. The Morgan fingerprint density at radius 1 is 1.20 bits per heavy atom. The Hall–Kier alpha value is -2.51. The number of nitrogens with zero attached hydrogens (tertiary/aromatic N) is 1. The van der Waals surface area contributed by atoms with Gasteiger partial charge in [0.2, 0.25) is 11.8 Å². The number of thioether (sulfide) groups is 1. The molecule has 2 aromatic rings. The van der Waals surface area contributed by atoms with Crippen LogP contribution in [-0.4, -0.2) is 48.7 Å². The molecule has 1 fully saturated rings. The van der Waals surface area contributed by atoms with Crippen LogP contribution in [0.5, 0.6) is 5.75 Å². The number of carbonyl (C=O) groups excluding carboxylic acids is 2. The monoisotopic (exact) mass is 425 g/mol. The minimum absolute atomic E-state index is 0.0975. The molecule has 2 heterocycles. The van der Waals surface area contributed by atoms with E-state index >= 15 is 0 Å². The fourth-order valence-corrected chi connectivity index (χ4v) is 5.13. The number of para-hydroxylation sites is 1. The van der Waals surface area contributed by atoms with Gasteiger partial charge in [-0.1, -0.05) is 24.3 Å². The SMILES string of the molecule is COc1ccc([C@@H](CNC(=O)C[C@H]2Sc3ccccc3NC2=O)N2CCCC2)cc1. The summed E-state index contributed by atoms with van der Waals surface area (Å²) < 4.78 is 5.27. The molecule has 6 nitrogen and oxygen atoms in total. The first-order valence-electron chi connectivity index (χ1n) is 10.4. The molecule has 2 N–H and O–H groups in total. The summed E-state index contributed by atoms with van der Waals surface area (Å²) in [6.07, 6.45) is 2.53. The van der Waals surface area contributed by atoms with Gasteiger partial charge in [0.1, 0.15) is 5.75 Å². The highest BCUT2D eigenvalue weighted by Crippen LogP contribution is 2.36. The third kappa shape index (κ3) is 4.79. The first-order chi connectivity index (χ1) is 14.6. The van der Waals surface area contributed by atoms with Crippen molar-refractivity contribution >= 4 is 29.3 Å². The van der Waals surface area contributed by atoms with E-state index in [0.29, 0.717) is 6.54 Å². The van der Waals surface area contributed by atoms with Gasteiger partial charge in [-0.15, -0.1) is 11.8 Å². The summed E-state index contributed by atoms with van der Waals surface area (Å²) in [5, 5.41) is 5.56. The van der Waals surface area contributed by atoms with Crippen molar-refractivity contribution in [1.29, 1.82) is 0 Å². The molecule has 0 saturated carbocycles. The summed E-state index contributed by atoms with van der Waals surface area (Å²) in [5.41, 5.74) is 1.98. The van der Waals surface area contributed by atoms with Crippen LogP contribution >= 0.6 is 11.8 Å². The maximum absolute atomic E-state index is 12.7. The zero-order valence-corrected chi connectivity index (χ0v) is 17.9. The molecule has 2 aliphatic heterocycles. The van der Waals surface area contributed by atoms with E-state index in [1.54, 1.807) is 7.11 Å². The Bertz CT molecular complexity index is 897. The molecular weight excluding hydrogens is 398 g/mol. The number of hydrogen-bond acceptors (Lipinski definition) is 5. The number of rotatable bonds is 7. The van der Waals surface area contributed by atoms with Crippen LogP contribution in [0, 0.1) is 0 Å². The molecule has 2 aromatic carbocycles. The van der Waals surface area contributed by atoms with E-state index in [2.05, 4.69) is 27.7 Å². The number of nitrogens with one attached hydrogen (secondary N) is 2. The zero-order chi connectivity index (χ0) is 20.9. The third-order valence-corrected chi connectivity index (χ3v) is 6.93. The lowest BCUT2D eigenvalue weighted by Gasteiger charge is -2.29. The minimum atomic E-state index is -0.411. The number of likely N-dealkylation sites (tertiary alicyclic amines) is 1. The van der Waals surface area contributed by atoms with Gasteiger partial charge in [-0.2, -0.15) is 0 Å². The second-order valence-electron chi connectivity index (χ2n) is 7.63. The maximum Gasteiger partial charge on any atom is 0.238 e. The molecule has 30 heavy (non-hydrogen) atoms. The molecule has 0 aromatic heterocycles. The Labute approximate surface area is 181 Å². The lowest BCUT2D eigenvalue weighted by Crippen LogP contribution is -2.39. The summed E-state index contributed by atoms with van der Waals surface area (Å²) in [5.74, 6) is 0.614. The number of ether oxygens (including phenoxy) is 1. The Morgan fingerprint density at radius 3 is 2.67 bits per heavy atom. The van der Waals surface area contributed by atoms with Gasteiger partial charge in [-0.3, -0.25) is 14.5 Å². The predicted molar refractivity (Wildman–Crippen MR) is 119 cm³/mol. The summed E-state index contributed by atoms with van der Waals surface area (Å²) in [6.45, 7) is 2.59. The van der Waals surface area contributed by atoms with E-state index in [1.165, 1.54) is 24.6 Å². The van der Waals surface area contributed by atoms with Crippen LogP contribution in [-0.2, 0) is 9.59 Å². The van der Waals surface area contributed by atoms with E-state index in [4.69, 9.17) is 4.74 Å². The number of carbonyl (C=O) groups is 2. The van der Waals surface area contributed by atoms with Gasteiger partial charge >= 0.3 is 0 Å². The first-order valence-corrected chi connectivity index (χ1v) is 11.2. The van der Waals surface area contributed by atoms with Crippen LogP contribution in [0.1, 0.15) is 30.9 Å². The topological polar surface area (TPSA) is 70.7 Å². The number of methoxy groups -OCH3 is 1. The van der Waals surface area contributed by atoms with Crippen LogP contribution < -0.4 is 15.4 Å². The van der Waals surface area contributed by atoms with E-state index in [9.17, 15) is 9.59 Å². The van der Waals surface area contributed by atoms with Crippen molar-refractivity contribution in [3.05, 3.63) is 54.1 Å². The molecule has 0 spiro atoms. The average molecular weight is 426 g/mol. The van der Waals surface area contributed by atoms with Crippen molar-refractivity contribution in [2.75, 3.05) is 32.1 Å². The molecule has 7 heteroatoms. The lowest BCUT2D eigenvalue weighted by molar-refractivity contribution is -0.124. The normalized spacial score (nSPS) is 19.6. The molecule has 0 bridgehead atoms. The summed E-state index contributed by atoms with van der Waals surface area (Å²) in [6, 6.07) is 15.9. The number of benzene rings is 2. The average Bonchev–Trinajstić information content (AvgIpc) is 3.29. The lowest BCUT2D eigenvalue weighted by atomic mass is 10.0. The highest BCUT2D eigenvalue weighted by Gasteiger charge is 2.30. The van der Waals surface area contributed by atoms with Gasteiger partial charge in [0.15, 0.2) is 0 Å². The van der Waals surface area contributed by atoms with Gasteiger partial charge in [-0.25, -0.2) is 0 Å². The van der Waals surface area contributed by atoms with Crippen molar-refractivity contribution in [1.82, 2.24) is 10.2 Å². The largest absolute Gasteiger partial charge is 0.497 e. The number of anilines is 1. The molecule has 2 atom stereocenters. The molecule has 0 aliphatic carbocycles. The van der Waals surface area contributed by atoms with Gasteiger partial charge < -0.3 is 15.4 Å². The van der Waals surface area contributed by atoms with Gasteiger partial charge in [-0.05, 0) is 55.8 Å². The van der Waals surface area contributed by atoms with Crippen molar-refractivity contribution in [3.63, 3.8) is 0 Å². The predicted octanol–water partition coefficient (Wildman–Crippen LogP) is 3.45. The van der Waals surface area contributed by atoms with Crippen LogP contribution in [0.15, 0.2) is 53.4 Å². The Balaban J connectivity index is 1.38. The smallest absolute Gasteiger partial charge is 0.238 e. The van der Waals surface area contributed by atoms with Gasteiger partial charge in [0.05, 0.1) is 24.1 Å². The van der Waals surface area contributed by atoms with Crippen molar-refractivity contribution in [2.45, 2.75) is 35.4 Å². The summed E-state index contributed by atoms with van der Waals surface area (Å²) >= 11 is 1.46. The molecular formula is C23H27N3O3S. The van der Waals surface area contributed by atoms with Gasteiger partial charge in [0, 0.05) is 17.9 Å². The van der Waals surface area contributed by atoms with Gasteiger partial charge in [0.25, 0.3) is 0 Å². The Morgan fingerprint density at radius 2 is 1.93 bits per heavy atom. The first kappa shape index (κ1) is 20.8. The molecule has 0 radical (unpaired) electrons. The fourth-order valence-electron chi connectivity index (χ4n) is 4.02. The number of amides is 2. The van der Waals surface area contributed by atoms with Crippen molar-refractivity contribution in [2.24, 2.45) is 0 Å². The molecule has 158 valence electrons. The Kier molecular flexibility index (Phi) is 6.59. The summed E-state index contributed by atoms with van der Waals surface area (Å²) in [4.78, 5) is 28.5. The minimum Gasteiger partial charge on any atom is -0.497 e. The van der Waals surface area contributed by atoms with E-state index in [0.717, 1.165) is 35.0 Å². The highest BCUT2D eigenvalue weighted by atomic mass is 32.2. The maximum atomic E-state index is 12.7. The molecule has 2 amide bonds. The third-order valence-electron chi connectivity index (χ3n) is 5.65. The molecule has 1 saturated heterocycles. The second kappa shape index (κ2) is 9.53. The van der Waals surface area contributed by atoms with Crippen LogP contribution in [0.3, 0.4) is 0 Å². The molecule has 2 aliphatic rings.